The second-order valence-corrected chi connectivity index (χ2v) is 5.70. The van der Waals surface area contributed by atoms with Crippen LogP contribution in [0.4, 0.5) is 5.69 Å². The summed E-state index contributed by atoms with van der Waals surface area (Å²) >= 11 is 0. The fourth-order valence-electron chi connectivity index (χ4n) is 2.99. The molecule has 4 nitrogen and oxygen atoms in total. The summed E-state index contributed by atoms with van der Waals surface area (Å²) in [6.07, 6.45) is 3.30. The smallest absolute Gasteiger partial charge is 0.138 e. The first-order valence-corrected chi connectivity index (χ1v) is 7.03. The monoisotopic (exact) mass is 259 g/mol. The van der Waals surface area contributed by atoms with Crippen molar-refractivity contribution in [1.82, 2.24) is 9.55 Å². The van der Waals surface area contributed by atoms with Crippen molar-refractivity contribution in [2.75, 3.05) is 5.73 Å². The van der Waals surface area contributed by atoms with Crippen LogP contribution in [0.3, 0.4) is 0 Å². The standard InChI is InChI=1S/C15H21N3O/c1-9(11-4-3-5-11)18-14-7-6-12(16)8-13(14)17-15(18)10(2)19/h6-11,19H,3-5,16H2,1-2H3. The number of benzene rings is 1. The first kappa shape index (κ1) is 12.5. The van der Waals surface area contributed by atoms with Gasteiger partial charge in [0.25, 0.3) is 0 Å². The molecule has 0 radical (unpaired) electrons. The molecule has 1 aliphatic rings. The predicted molar refractivity (Wildman–Crippen MR) is 76.8 cm³/mol. The fraction of sp³-hybridized carbons (Fsp3) is 0.533. The van der Waals surface area contributed by atoms with Crippen molar-refractivity contribution < 1.29 is 5.11 Å². The first-order valence-electron chi connectivity index (χ1n) is 7.03. The minimum absolute atomic E-state index is 0.381. The van der Waals surface area contributed by atoms with E-state index in [4.69, 9.17) is 5.73 Å². The molecule has 1 saturated carbocycles. The molecule has 0 saturated heterocycles. The lowest BCUT2D eigenvalue weighted by molar-refractivity contribution is 0.166. The Hall–Kier alpha value is -1.55. The van der Waals surface area contributed by atoms with Gasteiger partial charge in [0, 0.05) is 11.7 Å². The van der Waals surface area contributed by atoms with Gasteiger partial charge in [-0.25, -0.2) is 4.98 Å². The first-order chi connectivity index (χ1) is 9.08. The number of fused-ring (bicyclic) bond motifs is 1. The van der Waals surface area contributed by atoms with Crippen molar-refractivity contribution in [3.8, 4) is 0 Å². The summed E-state index contributed by atoms with van der Waals surface area (Å²) in [4.78, 5) is 4.57. The van der Waals surface area contributed by atoms with Crippen molar-refractivity contribution in [3.63, 3.8) is 0 Å². The van der Waals surface area contributed by atoms with Crippen molar-refractivity contribution in [2.24, 2.45) is 5.92 Å². The molecule has 1 aliphatic carbocycles. The molecule has 1 aromatic carbocycles. The third-order valence-corrected chi connectivity index (χ3v) is 4.35. The minimum atomic E-state index is -0.559. The lowest BCUT2D eigenvalue weighted by Crippen LogP contribution is -2.24. The number of hydrogen-bond acceptors (Lipinski definition) is 3. The molecule has 4 heteroatoms. The number of aromatic nitrogens is 2. The molecule has 0 spiro atoms. The fourth-order valence-corrected chi connectivity index (χ4v) is 2.99. The molecule has 19 heavy (non-hydrogen) atoms. The largest absolute Gasteiger partial charge is 0.399 e. The molecule has 102 valence electrons. The van der Waals surface area contributed by atoms with E-state index in [0.29, 0.717) is 17.6 Å². The van der Waals surface area contributed by atoms with Crippen molar-refractivity contribution in [1.29, 1.82) is 0 Å². The Bertz CT molecular complexity index is 599. The molecule has 0 aliphatic heterocycles. The highest BCUT2D eigenvalue weighted by molar-refractivity contribution is 5.80. The number of nitrogen functional groups attached to an aromatic ring is 1. The van der Waals surface area contributed by atoms with Crippen LogP contribution in [-0.4, -0.2) is 14.7 Å². The zero-order valence-corrected chi connectivity index (χ0v) is 11.5. The molecule has 3 N–H and O–H groups in total. The summed E-state index contributed by atoms with van der Waals surface area (Å²) < 4.78 is 2.20. The third-order valence-electron chi connectivity index (χ3n) is 4.35. The number of aliphatic hydroxyl groups is 1. The van der Waals surface area contributed by atoms with Gasteiger partial charge < -0.3 is 15.4 Å². The highest BCUT2D eigenvalue weighted by Gasteiger charge is 2.28. The van der Waals surface area contributed by atoms with E-state index < -0.39 is 6.10 Å². The number of nitrogens with zero attached hydrogens (tertiary/aromatic N) is 2. The summed E-state index contributed by atoms with van der Waals surface area (Å²) in [7, 11) is 0. The van der Waals surface area contributed by atoms with E-state index in [9.17, 15) is 5.11 Å². The molecule has 1 heterocycles. The molecule has 2 aromatic rings. The molecule has 1 aromatic heterocycles. The Kier molecular flexibility index (Phi) is 2.97. The Morgan fingerprint density at radius 2 is 2.11 bits per heavy atom. The zero-order chi connectivity index (χ0) is 13.6. The molecular formula is C15H21N3O. The van der Waals surface area contributed by atoms with Gasteiger partial charge >= 0.3 is 0 Å². The van der Waals surface area contributed by atoms with E-state index in [1.807, 2.05) is 18.2 Å². The lowest BCUT2D eigenvalue weighted by Gasteiger charge is -2.33. The van der Waals surface area contributed by atoms with Gasteiger partial charge in [0.2, 0.25) is 0 Å². The third kappa shape index (κ3) is 2.00. The van der Waals surface area contributed by atoms with E-state index in [0.717, 1.165) is 16.9 Å². The summed E-state index contributed by atoms with van der Waals surface area (Å²) in [5, 5.41) is 9.98. The van der Waals surface area contributed by atoms with Crippen LogP contribution in [0.25, 0.3) is 11.0 Å². The van der Waals surface area contributed by atoms with Crippen LogP contribution in [0, 0.1) is 5.92 Å². The Balaban J connectivity index is 2.15. The van der Waals surface area contributed by atoms with Crippen LogP contribution >= 0.6 is 0 Å². The second kappa shape index (κ2) is 4.53. The summed E-state index contributed by atoms with van der Waals surface area (Å²) in [6, 6.07) is 6.18. The van der Waals surface area contributed by atoms with Gasteiger partial charge in [-0.3, -0.25) is 0 Å². The highest BCUT2D eigenvalue weighted by atomic mass is 16.3. The summed E-state index contributed by atoms with van der Waals surface area (Å²) in [5.41, 5.74) is 8.48. The summed E-state index contributed by atoms with van der Waals surface area (Å²) in [5.74, 6) is 1.45. The maximum atomic E-state index is 9.98. The summed E-state index contributed by atoms with van der Waals surface area (Å²) in [6.45, 7) is 4.00. The number of hydrogen-bond donors (Lipinski definition) is 2. The van der Waals surface area contributed by atoms with E-state index in [-0.39, 0.29) is 0 Å². The van der Waals surface area contributed by atoms with Crippen LogP contribution in [0.15, 0.2) is 18.2 Å². The van der Waals surface area contributed by atoms with Gasteiger partial charge in [-0.1, -0.05) is 6.42 Å². The maximum Gasteiger partial charge on any atom is 0.138 e. The van der Waals surface area contributed by atoms with Crippen LogP contribution in [0.2, 0.25) is 0 Å². The van der Waals surface area contributed by atoms with Crippen molar-refractivity contribution >= 4 is 16.7 Å². The van der Waals surface area contributed by atoms with Gasteiger partial charge in [0.1, 0.15) is 11.9 Å². The average molecular weight is 259 g/mol. The van der Waals surface area contributed by atoms with Crippen molar-refractivity contribution in [3.05, 3.63) is 24.0 Å². The number of rotatable bonds is 3. The minimum Gasteiger partial charge on any atom is -0.399 e. The Morgan fingerprint density at radius 3 is 2.68 bits per heavy atom. The van der Waals surface area contributed by atoms with Gasteiger partial charge in [-0.05, 0) is 50.8 Å². The quantitative estimate of drug-likeness (QED) is 0.833. The van der Waals surface area contributed by atoms with E-state index in [2.05, 4.69) is 16.5 Å². The maximum absolute atomic E-state index is 9.98. The normalized spacial score (nSPS) is 19.3. The molecule has 2 unspecified atom stereocenters. The van der Waals surface area contributed by atoms with Crippen LogP contribution < -0.4 is 5.73 Å². The number of imidazole rings is 1. The lowest BCUT2D eigenvalue weighted by atomic mass is 9.80. The van der Waals surface area contributed by atoms with Crippen LogP contribution in [0.5, 0.6) is 0 Å². The van der Waals surface area contributed by atoms with E-state index >= 15 is 0 Å². The second-order valence-electron chi connectivity index (χ2n) is 5.70. The van der Waals surface area contributed by atoms with Crippen molar-refractivity contribution in [2.45, 2.75) is 45.3 Å². The number of anilines is 1. The molecule has 3 rings (SSSR count). The van der Waals surface area contributed by atoms with Gasteiger partial charge in [-0.2, -0.15) is 0 Å². The molecule has 2 atom stereocenters. The Morgan fingerprint density at radius 1 is 1.37 bits per heavy atom. The molecule has 1 fully saturated rings. The number of nitrogens with two attached hydrogens (primary N) is 1. The molecular weight excluding hydrogens is 238 g/mol. The van der Waals surface area contributed by atoms with Gasteiger partial charge in [-0.15, -0.1) is 0 Å². The van der Waals surface area contributed by atoms with Gasteiger partial charge in [0.15, 0.2) is 0 Å². The predicted octanol–water partition coefficient (Wildman–Crippen LogP) is 3.03. The van der Waals surface area contributed by atoms with Crippen LogP contribution in [0.1, 0.15) is 51.1 Å². The molecule has 0 amide bonds. The average Bonchev–Trinajstić information content (AvgIpc) is 2.64. The molecule has 0 bridgehead atoms. The van der Waals surface area contributed by atoms with E-state index in [1.54, 1.807) is 6.92 Å². The topological polar surface area (TPSA) is 64.1 Å². The SMILES string of the molecule is CC(O)c1nc2cc(N)ccc2n1C(C)C1CCC1. The highest BCUT2D eigenvalue weighted by Crippen LogP contribution is 2.39. The van der Waals surface area contributed by atoms with Gasteiger partial charge in [0.05, 0.1) is 11.0 Å². The zero-order valence-electron chi connectivity index (χ0n) is 11.5. The Labute approximate surface area is 113 Å². The van der Waals surface area contributed by atoms with Crippen LogP contribution in [-0.2, 0) is 0 Å². The van der Waals surface area contributed by atoms with E-state index in [1.165, 1.54) is 19.3 Å². The number of aliphatic hydroxyl groups excluding tert-OH is 1.